The molecule has 0 aromatic carbocycles. The van der Waals surface area contributed by atoms with Crippen LogP contribution < -0.4 is 5.32 Å². The summed E-state index contributed by atoms with van der Waals surface area (Å²) in [5.74, 6) is -0.346. The Hall–Kier alpha value is -0.650. The second kappa shape index (κ2) is 5.33. The van der Waals surface area contributed by atoms with E-state index in [4.69, 9.17) is 14.2 Å². The Labute approximate surface area is 103 Å². The minimum atomic E-state index is -0.993. The third kappa shape index (κ3) is 3.18. The summed E-state index contributed by atoms with van der Waals surface area (Å²) in [4.78, 5) is 12.3. The van der Waals surface area contributed by atoms with E-state index in [1.54, 1.807) is 7.11 Å². The second-order valence-electron chi connectivity index (χ2n) is 5.27. The van der Waals surface area contributed by atoms with Crippen molar-refractivity contribution in [3.8, 4) is 0 Å². The van der Waals surface area contributed by atoms with Crippen LogP contribution in [0.5, 0.6) is 0 Å². The summed E-state index contributed by atoms with van der Waals surface area (Å²) < 4.78 is 16.2. The van der Waals surface area contributed by atoms with Gasteiger partial charge in [0.1, 0.15) is 11.7 Å². The highest BCUT2D eigenvalue weighted by Crippen LogP contribution is 2.28. The van der Waals surface area contributed by atoms with Crippen molar-refractivity contribution in [3.05, 3.63) is 0 Å². The Morgan fingerprint density at radius 1 is 1.35 bits per heavy atom. The number of esters is 1. The quantitative estimate of drug-likeness (QED) is 0.743. The van der Waals surface area contributed by atoms with Crippen LogP contribution in [-0.2, 0) is 19.0 Å². The minimum Gasteiger partial charge on any atom is -0.458 e. The van der Waals surface area contributed by atoms with Gasteiger partial charge in [-0.1, -0.05) is 0 Å². The van der Waals surface area contributed by atoms with E-state index in [9.17, 15) is 4.79 Å². The van der Waals surface area contributed by atoms with Crippen molar-refractivity contribution in [1.29, 1.82) is 0 Å². The van der Waals surface area contributed by atoms with Gasteiger partial charge in [-0.05, 0) is 27.3 Å². The first-order valence-electron chi connectivity index (χ1n) is 5.88. The third-order valence-electron chi connectivity index (χ3n) is 2.92. The molecule has 100 valence electrons. The molecule has 1 aliphatic heterocycles. The molecule has 1 heterocycles. The smallest absolute Gasteiger partial charge is 0.341 e. The number of methoxy groups -OCH3 is 2. The number of rotatable bonds is 3. The molecule has 1 fully saturated rings. The maximum absolute atomic E-state index is 12.3. The Morgan fingerprint density at radius 3 is 2.47 bits per heavy atom. The van der Waals surface area contributed by atoms with Gasteiger partial charge in [-0.2, -0.15) is 0 Å². The van der Waals surface area contributed by atoms with E-state index < -0.39 is 11.2 Å². The molecule has 5 nitrogen and oxygen atoms in total. The number of carbonyl (C=O) groups is 1. The van der Waals surface area contributed by atoms with Gasteiger partial charge in [-0.15, -0.1) is 0 Å². The van der Waals surface area contributed by atoms with Gasteiger partial charge in [0.2, 0.25) is 0 Å². The summed E-state index contributed by atoms with van der Waals surface area (Å²) in [6, 6.07) is 0. The monoisotopic (exact) mass is 245 g/mol. The molecule has 0 aliphatic carbocycles. The lowest BCUT2D eigenvalue weighted by atomic mass is 9.89. The fourth-order valence-corrected chi connectivity index (χ4v) is 2.02. The maximum Gasteiger partial charge on any atom is 0.341 e. The standard InChI is InChI=1S/C12H23NO4/c1-11(2,3)17-10(14)12(16-5)6-7-13-8-9(12)15-4/h9,13H,6-8H2,1-5H3/t9-,12+/m1/s1. The van der Waals surface area contributed by atoms with E-state index >= 15 is 0 Å². The van der Waals surface area contributed by atoms with Crippen LogP contribution in [0.3, 0.4) is 0 Å². The molecule has 1 N–H and O–H groups in total. The number of hydrogen-bond acceptors (Lipinski definition) is 5. The van der Waals surface area contributed by atoms with E-state index in [-0.39, 0.29) is 12.1 Å². The van der Waals surface area contributed by atoms with Crippen molar-refractivity contribution >= 4 is 5.97 Å². The predicted octanol–water partition coefficient (Wildman–Crippen LogP) is 0.722. The molecule has 0 unspecified atom stereocenters. The first-order chi connectivity index (χ1) is 7.85. The lowest BCUT2D eigenvalue weighted by molar-refractivity contribution is -0.201. The average molecular weight is 245 g/mol. The van der Waals surface area contributed by atoms with Gasteiger partial charge in [0, 0.05) is 27.2 Å². The van der Waals surface area contributed by atoms with Crippen LogP contribution in [0.2, 0.25) is 0 Å². The first-order valence-corrected chi connectivity index (χ1v) is 5.88. The van der Waals surface area contributed by atoms with Gasteiger partial charge in [-0.3, -0.25) is 0 Å². The topological polar surface area (TPSA) is 56.8 Å². The highest BCUT2D eigenvalue weighted by molar-refractivity contribution is 5.81. The molecule has 0 aromatic heterocycles. The summed E-state index contributed by atoms with van der Waals surface area (Å²) in [6.45, 7) is 6.84. The fourth-order valence-electron chi connectivity index (χ4n) is 2.02. The maximum atomic E-state index is 12.3. The van der Waals surface area contributed by atoms with Crippen molar-refractivity contribution in [3.63, 3.8) is 0 Å². The van der Waals surface area contributed by atoms with Crippen LogP contribution in [-0.4, -0.2) is 50.6 Å². The van der Waals surface area contributed by atoms with Gasteiger partial charge in [0.25, 0.3) is 0 Å². The highest BCUT2D eigenvalue weighted by atomic mass is 16.6. The van der Waals surface area contributed by atoms with E-state index in [0.717, 1.165) is 0 Å². The van der Waals surface area contributed by atoms with Crippen molar-refractivity contribution in [2.75, 3.05) is 27.3 Å². The summed E-state index contributed by atoms with van der Waals surface area (Å²) in [7, 11) is 3.11. The lowest BCUT2D eigenvalue weighted by Gasteiger charge is -2.41. The highest BCUT2D eigenvalue weighted by Gasteiger charge is 2.50. The molecule has 1 aliphatic rings. The molecule has 17 heavy (non-hydrogen) atoms. The summed E-state index contributed by atoms with van der Waals surface area (Å²) in [5, 5.41) is 3.18. The van der Waals surface area contributed by atoms with Gasteiger partial charge < -0.3 is 19.5 Å². The second-order valence-corrected chi connectivity index (χ2v) is 5.27. The number of nitrogens with one attached hydrogen (secondary N) is 1. The van der Waals surface area contributed by atoms with Crippen LogP contribution in [0.4, 0.5) is 0 Å². The molecule has 0 aromatic rings. The molecule has 1 saturated heterocycles. The Bertz CT molecular complexity index is 274. The van der Waals surface area contributed by atoms with Gasteiger partial charge >= 0.3 is 5.97 Å². The van der Waals surface area contributed by atoms with Crippen LogP contribution in [0.15, 0.2) is 0 Å². The largest absolute Gasteiger partial charge is 0.458 e. The van der Waals surface area contributed by atoms with Crippen LogP contribution in [0, 0.1) is 0 Å². The number of piperidine rings is 1. The molecule has 0 saturated carbocycles. The van der Waals surface area contributed by atoms with Crippen molar-refractivity contribution in [2.45, 2.75) is 44.5 Å². The summed E-state index contributed by atoms with van der Waals surface area (Å²) in [5.41, 5.74) is -1.51. The van der Waals surface area contributed by atoms with Gasteiger partial charge in [0.05, 0.1) is 0 Å². The van der Waals surface area contributed by atoms with E-state index in [0.29, 0.717) is 19.5 Å². The average Bonchev–Trinajstić information content (AvgIpc) is 2.26. The molecule has 1 rings (SSSR count). The van der Waals surface area contributed by atoms with Crippen molar-refractivity contribution in [1.82, 2.24) is 5.32 Å². The van der Waals surface area contributed by atoms with Crippen molar-refractivity contribution in [2.24, 2.45) is 0 Å². The normalized spacial score (nSPS) is 30.1. The molecule has 5 heteroatoms. The fraction of sp³-hybridized carbons (Fsp3) is 0.917. The minimum absolute atomic E-state index is 0.323. The zero-order chi connectivity index (χ0) is 13.1. The number of hydrogen-bond donors (Lipinski definition) is 1. The molecule has 2 atom stereocenters. The van der Waals surface area contributed by atoms with Crippen LogP contribution in [0.25, 0.3) is 0 Å². The Kier molecular flexibility index (Phi) is 4.52. The molecule has 0 radical (unpaired) electrons. The van der Waals surface area contributed by atoms with Crippen molar-refractivity contribution < 1.29 is 19.0 Å². The molecule has 0 amide bonds. The lowest BCUT2D eigenvalue weighted by Crippen LogP contribution is -2.61. The van der Waals surface area contributed by atoms with E-state index in [1.807, 2.05) is 20.8 Å². The van der Waals surface area contributed by atoms with E-state index in [1.165, 1.54) is 7.11 Å². The molecular formula is C12H23NO4. The molecule has 0 bridgehead atoms. The zero-order valence-electron chi connectivity index (χ0n) is 11.3. The summed E-state index contributed by atoms with van der Waals surface area (Å²) in [6.07, 6.45) is 0.229. The third-order valence-corrected chi connectivity index (χ3v) is 2.92. The zero-order valence-corrected chi connectivity index (χ0v) is 11.3. The van der Waals surface area contributed by atoms with Gasteiger partial charge in [0.15, 0.2) is 5.60 Å². The van der Waals surface area contributed by atoms with Crippen LogP contribution >= 0.6 is 0 Å². The van der Waals surface area contributed by atoms with Crippen LogP contribution in [0.1, 0.15) is 27.2 Å². The predicted molar refractivity (Wildman–Crippen MR) is 63.9 cm³/mol. The number of carbonyl (C=O) groups excluding carboxylic acids is 1. The first kappa shape index (κ1) is 14.4. The molecular weight excluding hydrogens is 222 g/mol. The van der Waals surface area contributed by atoms with Gasteiger partial charge in [-0.25, -0.2) is 4.79 Å². The SMILES string of the molecule is CO[C@@H]1CNCC[C@@]1(OC)C(=O)OC(C)(C)C. The van der Waals surface area contributed by atoms with E-state index in [2.05, 4.69) is 5.32 Å². The Morgan fingerprint density at radius 2 is 2.00 bits per heavy atom. The molecule has 0 spiro atoms. The summed E-state index contributed by atoms with van der Waals surface area (Å²) >= 11 is 0. The Balaban J connectivity index is 2.88. The number of ether oxygens (including phenoxy) is 3.